The van der Waals surface area contributed by atoms with E-state index in [1.165, 1.54) is 6.07 Å². The molecule has 28 heavy (non-hydrogen) atoms. The maximum Gasteiger partial charge on any atom is 0.336 e. The summed E-state index contributed by atoms with van der Waals surface area (Å²) in [6.07, 6.45) is 1.89. The minimum absolute atomic E-state index is 0.372. The highest BCUT2D eigenvalue weighted by Gasteiger charge is 2.17. The Bertz CT molecular complexity index is 1250. The number of nitrogens with one attached hydrogen (secondary N) is 1. The first-order chi connectivity index (χ1) is 13.3. The highest BCUT2D eigenvalue weighted by Crippen LogP contribution is 2.35. The summed E-state index contributed by atoms with van der Waals surface area (Å²) < 4.78 is 11.7. The molecule has 3 aromatic heterocycles. The number of hydrogen-bond donors (Lipinski definition) is 1. The van der Waals surface area contributed by atoms with Crippen molar-refractivity contribution < 1.29 is 8.83 Å². The van der Waals surface area contributed by atoms with Crippen molar-refractivity contribution in [1.29, 1.82) is 0 Å². The topological polar surface area (TPSA) is 68.3 Å². The van der Waals surface area contributed by atoms with Crippen molar-refractivity contribution in [3.8, 4) is 11.3 Å². The van der Waals surface area contributed by atoms with E-state index in [0.29, 0.717) is 23.9 Å². The molecule has 144 valence electrons. The van der Waals surface area contributed by atoms with Gasteiger partial charge >= 0.3 is 5.63 Å². The van der Waals surface area contributed by atoms with Gasteiger partial charge in [-0.15, -0.1) is 0 Å². The van der Waals surface area contributed by atoms with Gasteiger partial charge in [-0.05, 0) is 43.5 Å². The highest BCUT2D eigenvalue weighted by atomic mass is 16.4. The van der Waals surface area contributed by atoms with Crippen LogP contribution >= 0.6 is 0 Å². The summed E-state index contributed by atoms with van der Waals surface area (Å²) in [7, 11) is 0. The van der Waals surface area contributed by atoms with Crippen molar-refractivity contribution in [2.75, 3.05) is 0 Å². The van der Waals surface area contributed by atoms with E-state index in [-0.39, 0.29) is 5.63 Å². The van der Waals surface area contributed by atoms with E-state index < -0.39 is 0 Å². The SMILES string of the molecule is Cc1ccc2c(-c3cc4c(CNC(C)C)cnc(C)c4o3)cc(=O)oc2c1C. The fraction of sp³-hybridized carbons (Fsp3) is 0.304. The number of benzene rings is 1. The van der Waals surface area contributed by atoms with Gasteiger partial charge in [0.1, 0.15) is 11.3 Å². The van der Waals surface area contributed by atoms with Gasteiger partial charge in [-0.3, -0.25) is 4.98 Å². The van der Waals surface area contributed by atoms with Crippen molar-refractivity contribution in [3.05, 3.63) is 63.3 Å². The number of aryl methyl sites for hydroxylation is 3. The zero-order valence-corrected chi connectivity index (χ0v) is 16.8. The molecule has 0 spiro atoms. The molecule has 0 radical (unpaired) electrons. The Kier molecular flexibility index (Phi) is 4.55. The highest BCUT2D eigenvalue weighted by molar-refractivity contribution is 5.97. The molecule has 0 saturated heterocycles. The van der Waals surface area contributed by atoms with Crippen LogP contribution in [0.5, 0.6) is 0 Å². The third-order valence-corrected chi connectivity index (χ3v) is 5.22. The molecule has 0 aliphatic rings. The van der Waals surface area contributed by atoms with E-state index >= 15 is 0 Å². The first-order valence-electron chi connectivity index (χ1n) is 9.51. The van der Waals surface area contributed by atoms with Crippen LogP contribution in [0.25, 0.3) is 33.3 Å². The van der Waals surface area contributed by atoms with Crippen molar-refractivity contribution in [2.24, 2.45) is 0 Å². The lowest BCUT2D eigenvalue weighted by atomic mass is 10.0. The third kappa shape index (κ3) is 3.12. The minimum Gasteiger partial charge on any atom is -0.454 e. The lowest BCUT2D eigenvalue weighted by molar-refractivity contribution is 0.557. The number of pyridine rings is 1. The van der Waals surface area contributed by atoms with Crippen molar-refractivity contribution in [3.63, 3.8) is 0 Å². The van der Waals surface area contributed by atoms with Crippen molar-refractivity contribution in [1.82, 2.24) is 10.3 Å². The predicted octanol–water partition coefficient (Wildman–Crippen LogP) is 5.02. The molecule has 1 N–H and O–H groups in total. The van der Waals surface area contributed by atoms with E-state index in [1.54, 1.807) is 0 Å². The number of nitrogens with zero attached hydrogens (tertiary/aromatic N) is 1. The van der Waals surface area contributed by atoms with E-state index in [2.05, 4.69) is 24.1 Å². The van der Waals surface area contributed by atoms with Crippen LogP contribution < -0.4 is 10.9 Å². The molecule has 0 amide bonds. The summed E-state index contributed by atoms with van der Waals surface area (Å²) in [6, 6.07) is 7.90. The van der Waals surface area contributed by atoms with Crippen LogP contribution in [0.3, 0.4) is 0 Å². The zero-order chi connectivity index (χ0) is 20.0. The predicted molar refractivity (Wildman–Crippen MR) is 112 cm³/mol. The summed E-state index contributed by atoms with van der Waals surface area (Å²) >= 11 is 0. The Morgan fingerprint density at radius 3 is 2.57 bits per heavy atom. The van der Waals surface area contributed by atoms with Crippen LogP contribution in [0, 0.1) is 20.8 Å². The first-order valence-corrected chi connectivity index (χ1v) is 9.51. The van der Waals surface area contributed by atoms with Gasteiger partial charge in [0.15, 0.2) is 5.58 Å². The van der Waals surface area contributed by atoms with Crippen molar-refractivity contribution >= 4 is 21.9 Å². The molecule has 4 aromatic rings. The maximum atomic E-state index is 12.2. The van der Waals surface area contributed by atoms with Gasteiger partial charge in [0.05, 0.1) is 5.69 Å². The molecule has 0 aliphatic carbocycles. The zero-order valence-electron chi connectivity index (χ0n) is 16.8. The van der Waals surface area contributed by atoms with Crippen LogP contribution in [0.2, 0.25) is 0 Å². The second-order valence-corrected chi connectivity index (χ2v) is 7.62. The Morgan fingerprint density at radius 1 is 1.04 bits per heavy atom. The lowest BCUT2D eigenvalue weighted by Gasteiger charge is -2.08. The molecule has 0 unspecified atom stereocenters. The number of fused-ring (bicyclic) bond motifs is 2. The molecular formula is C23H24N2O3. The third-order valence-electron chi connectivity index (χ3n) is 5.22. The van der Waals surface area contributed by atoms with Crippen molar-refractivity contribution in [2.45, 2.75) is 47.2 Å². The number of hydrogen-bond acceptors (Lipinski definition) is 5. The van der Waals surface area contributed by atoms with E-state index in [0.717, 1.165) is 44.3 Å². The summed E-state index contributed by atoms with van der Waals surface area (Å²) in [4.78, 5) is 16.7. The van der Waals surface area contributed by atoms with Gasteiger partial charge in [0.2, 0.25) is 0 Å². The van der Waals surface area contributed by atoms with Gasteiger partial charge in [-0.25, -0.2) is 4.79 Å². The Hall–Kier alpha value is -2.92. The largest absolute Gasteiger partial charge is 0.454 e. The molecule has 3 heterocycles. The molecular weight excluding hydrogens is 352 g/mol. The number of furan rings is 1. The van der Waals surface area contributed by atoms with Gasteiger partial charge in [-0.2, -0.15) is 0 Å². The standard InChI is InChI=1S/C23H24N2O3/c1-12(2)24-10-16-11-25-15(5)23-18(16)8-20(27-23)19-9-21(26)28-22-14(4)13(3)6-7-17(19)22/h6-9,11-12,24H,10H2,1-5H3. The molecule has 5 nitrogen and oxygen atoms in total. The minimum atomic E-state index is -0.381. The Balaban J connectivity index is 1.95. The fourth-order valence-corrected chi connectivity index (χ4v) is 3.45. The van der Waals surface area contributed by atoms with E-state index in [9.17, 15) is 4.79 Å². The molecule has 0 aliphatic heterocycles. The molecule has 1 aromatic carbocycles. The molecule has 4 rings (SSSR count). The van der Waals surface area contributed by atoms with Crippen LogP contribution in [0.1, 0.15) is 36.2 Å². The quantitative estimate of drug-likeness (QED) is 0.506. The van der Waals surface area contributed by atoms with Gasteiger partial charge in [-0.1, -0.05) is 26.0 Å². The Labute approximate surface area is 163 Å². The van der Waals surface area contributed by atoms with E-state index in [1.807, 2.05) is 45.2 Å². The summed E-state index contributed by atoms with van der Waals surface area (Å²) in [5.41, 5.74) is 5.67. The Morgan fingerprint density at radius 2 is 1.82 bits per heavy atom. The van der Waals surface area contributed by atoms with Gasteiger partial charge in [0.25, 0.3) is 0 Å². The molecule has 5 heteroatoms. The molecule has 0 bridgehead atoms. The fourth-order valence-electron chi connectivity index (χ4n) is 3.45. The van der Waals surface area contributed by atoms with Crippen LogP contribution in [-0.2, 0) is 6.54 Å². The summed E-state index contributed by atoms with van der Waals surface area (Å²) in [6.45, 7) is 10.8. The lowest BCUT2D eigenvalue weighted by Crippen LogP contribution is -2.22. The smallest absolute Gasteiger partial charge is 0.336 e. The van der Waals surface area contributed by atoms with Crippen LogP contribution in [0.4, 0.5) is 0 Å². The summed E-state index contributed by atoms with van der Waals surface area (Å²) in [5.74, 6) is 0.651. The average Bonchev–Trinajstić information content (AvgIpc) is 3.10. The van der Waals surface area contributed by atoms with E-state index in [4.69, 9.17) is 8.83 Å². The maximum absolute atomic E-state index is 12.2. The number of rotatable bonds is 4. The van der Waals surface area contributed by atoms with Crippen LogP contribution in [-0.4, -0.2) is 11.0 Å². The summed E-state index contributed by atoms with van der Waals surface area (Å²) in [5, 5.41) is 5.31. The van der Waals surface area contributed by atoms with Gasteiger partial charge < -0.3 is 14.2 Å². The normalized spacial score (nSPS) is 11.8. The molecule has 0 atom stereocenters. The second kappa shape index (κ2) is 6.91. The van der Waals surface area contributed by atoms with Crippen LogP contribution in [0.15, 0.2) is 44.1 Å². The number of aromatic nitrogens is 1. The average molecular weight is 376 g/mol. The van der Waals surface area contributed by atoms with Gasteiger partial charge in [0, 0.05) is 41.2 Å². The molecule has 0 saturated carbocycles. The molecule has 0 fully saturated rings. The second-order valence-electron chi connectivity index (χ2n) is 7.62. The first kappa shape index (κ1) is 18.4. The monoisotopic (exact) mass is 376 g/mol.